The van der Waals surface area contributed by atoms with Crippen LogP contribution in [0.5, 0.6) is 0 Å². The normalized spacial score (nSPS) is 6.25. The molecule has 0 aliphatic heterocycles. The van der Waals surface area contributed by atoms with Crippen molar-refractivity contribution in [2.45, 2.75) is 0 Å². The van der Waals surface area contributed by atoms with Crippen molar-refractivity contribution in [1.29, 1.82) is 0 Å². The van der Waals surface area contributed by atoms with Crippen LogP contribution in [0.15, 0.2) is 0 Å². The highest BCUT2D eigenvalue weighted by Gasteiger charge is 1.48. The van der Waals surface area contributed by atoms with Crippen LogP contribution >= 0.6 is 12.2 Å². The van der Waals surface area contributed by atoms with Crippen molar-refractivity contribution in [3.05, 3.63) is 0 Å². The monoisotopic (exact) mass is 74.0 g/mol. The van der Waals surface area contributed by atoms with Gasteiger partial charge in [0, 0.05) is 6.54 Å². The van der Waals surface area contributed by atoms with Crippen molar-refractivity contribution in [3.63, 3.8) is 0 Å². The Morgan fingerprint density at radius 3 is 2.25 bits per heavy atom. The molecule has 2 heteroatoms. The van der Waals surface area contributed by atoms with Crippen LogP contribution in [0.2, 0.25) is 0 Å². The summed E-state index contributed by atoms with van der Waals surface area (Å²) in [5.41, 5.74) is 6.29. The van der Waals surface area contributed by atoms with E-state index in [1.165, 1.54) is 5.37 Å². The summed E-state index contributed by atoms with van der Waals surface area (Å²) in [6.45, 7) is 0.259. The van der Waals surface area contributed by atoms with E-state index >= 15 is 0 Å². The lowest BCUT2D eigenvalue weighted by molar-refractivity contribution is 1.29. The van der Waals surface area contributed by atoms with E-state index in [2.05, 4.69) is 12.2 Å². The first-order chi connectivity index (χ1) is 1.91. The third-order valence-electron chi connectivity index (χ3n) is 0.0833. The maximum absolute atomic E-state index is 6.29. The number of hydrogen-bond acceptors (Lipinski definition) is 1. The fraction of sp³-hybridized carbons (Fsp3) is 0.500. The summed E-state index contributed by atoms with van der Waals surface area (Å²) in [4.78, 5) is 0. The average Bonchev–Trinajstić information content (AvgIpc) is 1.37. The second kappa shape index (κ2) is 3.05. The first-order valence-electron chi connectivity index (χ1n) is 0.998. The molecule has 0 aromatic carbocycles. The standard InChI is InChI=1S/C2H4NS/c3-1-2-4/h2-3H,1H2. The van der Waals surface area contributed by atoms with Gasteiger partial charge in [-0.3, -0.25) is 5.73 Å². The Kier molecular flexibility index (Phi) is 3.09. The Morgan fingerprint density at radius 1 is 2.00 bits per heavy atom. The number of nitrogens with one attached hydrogen (secondary N) is 1. The lowest BCUT2D eigenvalue weighted by atomic mass is 10.8. The zero-order valence-electron chi connectivity index (χ0n) is 2.19. The van der Waals surface area contributed by atoms with E-state index in [1.54, 1.807) is 0 Å². The predicted molar refractivity (Wildman–Crippen MR) is 21.6 cm³/mol. The van der Waals surface area contributed by atoms with Crippen molar-refractivity contribution in [1.82, 2.24) is 5.73 Å². The molecule has 0 aromatic heterocycles. The lowest BCUT2D eigenvalue weighted by Crippen LogP contribution is -1.76. The molecule has 23 valence electrons. The van der Waals surface area contributed by atoms with Gasteiger partial charge in [-0.25, -0.2) is 0 Å². The largest absolute Gasteiger partial charge is 0.253 e. The molecule has 0 bridgehead atoms. The minimum absolute atomic E-state index is 0.259. The summed E-state index contributed by atoms with van der Waals surface area (Å²) in [5.74, 6) is 0. The van der Waals surface area contributed by atoms with Gasteiger partial charge < -0.3 is 0 Å². The summed E-state index contributed by atoms with van der Waals surface area (Å²) in [7, 11) is 0. The van der Waals surface area contributed by atoms with Crippen molar-refractivity contribution in [2.75, 3.05) is 6.54 Å². The molecule has 1 radical (unpaired) electrons. The molecular weight excluding hydrogens is 70.1 g/mol. The van der Waals surface area contributed by atoms with Gasteiger partial charge in [-0.15, -0.1) is 0 Å². The van der Waals surface area contributed by atoms with Gasteiger partial charge in [0.05, 0.1) is 0 Å². The van der Waals surface area contributed by atoms with E-state index < -0.39 is 0 Å². The van der Waals surface area contributed by atoms with Gasteiger partial charge in [-0.1, -0.05) is 12.2 Å². The van der Waals surface area contributed by atoms with Crippen molar-refractivity contribution in [3.8, 4) is 0 Å². The smallest absolute Gasteiger partial charge is 0.0384 e. The molecule has 0 rings (SSSR count). The first-order valence-corrected chi connectivity index (χ1v) is 1.47. The Bertz CT molecular complexity index is 20.0. The lowest BCUT2D eigenvalue weighted by Gasteiger charge is -1.56. The fourth-order valence-corrected chi connectivity index (χ4v) is 0. The summed E-state index contributed by atoms with van der Waals surface area (Å²) in [6.07, 6.45) is 0. The van der Waals surface area contributed by atoms with Gasteiger partial charge >= 0.3 is 0 Å². The Hall–Kier alpha value is 0.0500. The van der Waals surface area contributed by atoms with Crippen LogP contribution in [0, 0.1) is 0 Å². The van der Waals surface area contributed by atoms with E-state index in [0.717, 1.165) is 0 Å². The van der Waals surface area contributed by atoms with Crippen LogP contribution in [0.25, 0.3) is 0 Å². The quantitative estimate of drug-likeness (QED) is 0.409. The van der Waals surface area contributed by atoms with E-state index in [1.807, 2.05) is 0 Å². The minimum atomic E-state index is 0.259. The summed E-state index contributed by atoms with van der Waals surface area (Å²) >= 11 is 4.24. The fourth-order valence-electron chi connectivity index (χ4n) is 0. The molecule has 0 fully saturated rings. The molecule has 0 unspecified atom stereocenters. The molecule has 0 amide bonds. The molecule has 0 aliphatic rings. The van der Waals surface area contributed by atoms with Crippen LogP contribution in [-0.2, 0) is 0 Å². The van der Waals surface area contributed by atoms with Crippen molar-refractivity contribution >= 4 is 17.6 Å². The molecule has 0 atom stereocenters. The average molecular weight is 74.1 g/mol. The van der Waals surface area contributed by atoms with E-state index in [0.29, 0.717) is 0 Å². The second-order valence-corrected chi connectivity index (χ2v) is 0.704. The maximum atomic E-state index is 6.29. The topological polar surface area (TPSA) is 23.8 Å². The highest BCUT2D eigenvalue weighted by Crippen LogP contribution is 1.38. The molecule has 0 aliphatic carbocycles. The van der Waals surface area contributed by atoms with Gasteiger partial charge in [0.15, 0.2) is 0 Å². The van der Waals surface area contributed by atoms with Gasteiger partial charge in [0.2, 0.25) is 0 Å². The molecule has 0 aromatic rings. The number of hydrogen-bond donors (Lipinski definition) is 0. The van der Waals surface area contributed by atoms with Gasteiger partial charge in [0.1, 0.15) is 0 Å². The SMILES string of the molecule is [NH]CC=S. The molecule has 0 saturated heterocycles. The zero-order chi connectivity index (χ0) is 3.41. The molecular formula is C2H4NS. The molecule has 0 saturated carbocycles. The Morgan fingerprint density at radius 2 is 2.25 bits per heavy atom. The van der Waals surface area contributed by atoms with Crippen LogP contribution < -0.4 is 5.73 Å². The second-order valence-electron chi connectivity index (χ2n) is 0.371. The van der Waals surface area contributed by atoms with Crippen molar-refractivity contribution < 1.29 is 0 Å². The van der Waals surface area contributed by atoms with E-state index in [4.69, 9.17) is 5.73 Å². The summed E-state index contributed by atoms with van der Waals surface area (Å²) in [5, 5.41) is 1.38. The first kappa shape index (κ1) is 4.05. The van der Waals surface area contributed by atoms with Crippen molar-refractivity contribution in [2.24, 2.45) is 0 Å². The van der Waals surface area contributed by atoms with Crippen LogP contribution in [0.4, 0.5) is 0 Å². The third-order valence-corrected chi connectivity index (χ3v) is 0.250. The molecule has 0 spiro atoms. The van der Waals surface area contributed by atoms with E-state index in [-0.39, 0.29) is 6.54 Å². The third kappa shape index (κ3) is 2.05. The van der Waals surface area contributed by atoms with Crippen LogP contribution in [-0.4, -0.2) is 11.9 Å². The minimum Gasteiger partial charge on any atom is -0.253 e. The zero-order valence-corrected chi connectivity index (χ0v) is 3.01. The van der Waals surface area contributed by atoms with Crippen LogP contribution in [0.1, 0.15) is 0 Å². The number of rotatable bonds is 1. The Labute approximate surface area is 30.8 Å². The highest BCUT2D eigenvalue weighted by atomic mass is 32.1. The van der Waals surface area contributed by atoms with Crippen LogP contribution in [0.3, 0.4) is 0 Å². The molecule has 1 N–H and O–H groups in total. The highest BCUT2D eigenvalue weighted by molar-refractivity contribution is 7.79. The van der Waals surface area contributed by atoms with Gasteiger partial charge in [0.25, 0.3) is 0 Å². The van der Waals surface area contributed by atoms with Gasteiger partial charge in [-0.2, -0.15) is 0 Å². The predicted octanol–water partition coefficient (Wildman–Crippen LogP) is 0.269. The number of thiocarbonyl (C=S) groups is 1. The maximum Gasteiger partial charge on any atom is 0.0384 e. The molecule has 4 heavy (non-hydrogen) atoms. The summed E-state index contributed by atoms with van der Waals surface area (Å²) in [6, 6.07) is 0. The van der Waals surface area contributed by atoms with E-state index in [9.17, 15) is 0 Å². The molecule has 0 heterocycles. The summed E-state index contributed by atoms with van der Waals surface area (Å²) < 4.78 is 0. The molecule has 1 nitrogen and oxygen atoms in total. The Balaban J connectivity index is 2.30. The van der Waals surface area contributed by atoms with Gasteiger partial charge in [-0.05, 0) is 5.37 Å².